The zero-order chi connectivity index (χ0) is 7.84. The van der Waals surface area contributed by atoms with Crippen molar-refractivity contribution in [1.82, 2.24) is 4.68 Å². The van der Waals surface area contributed by atoms with E-state index in [1.165, 1.54) is 10.9 Å². The molecule has 0 unspecified atom stereocenters. The van der Waals surface area contributed by atoms with Crippen LogP contribution in [0.15, 0.2) is 30.5 Å². The van der Waals surface area contributed by atoms with Gasteiger partial charge in [-0.2, -0.15) is 0 Å². The molecule has 1 aromatic carbocycles. The third-order valence-electron chi connectivity index (χ3n) is 1.88. The van der Waals surface area contributed by atoms with Crippen molar-refractivity contribution >= 4 is 10.9 Å². The van der Waals surface area contributed by atoms with Gasteiger partial charge in [0.2, 0.25) is 0 Å². The summed E-state index contributed by atoms with van der Waals surface area (Å²) < 4.78 is 1.63. The zero-order valence-electron chi connectivity index (χ0n) is 6.41. The summed E-state index contributed by atoms with van der Waals surface area (Å²) in [5.41, 5.74) is 2.35. The Morgan fingerprint density at radius 2 is 2.09 bits per heavy atom. The maximum atomic E-state index is 5.64. The highest BCUT2D eigenvalue weighted by molar-refractivity contribution is 5.80. The number of fused-ring (bicyclic) bond motifs is 1. The molecule has 2 nitrogen and oxygen atoms in total. The number of benzene rings is 1. The minimum Gasteiger partial charge on any atom is -0.339 e. The summed E-state index contributed by atoms with van der Waals surface area (Å²) >= 11 is 0. The van der Waals surface area contributed by atoms with E-state index in [4.69, 9.17) is 5.84 Å². The second-order valence-electron chi connectivity index (χ2n) is 2.79. The molecule has 0 fully saturated rings. The molecular weight excluding hydrogens is 136 g/mol. The van der Waals surface area contributed by atoms with Gasteiger partial charge in [-0.05, 0) is 25.1 Å². The summed E-state index contributed by atoms with van der Waals surface area (Å²) in [5, 5.41) is 1.20. The largest absolute Gasteiger partial charge is 0.339 e. The van der Waals surface area contributed by atoms with Gasteiger partial charge in [-0.25, -0.2) is 0 Å². The van der Waals surface area contributed by atoms with Gasteiger partial charge in [0, 0.05) is 11.6 Å². The third kappa shape index (κ3) is 0.871. The highest BCUT2D eigenvalue weighted by atomic mass is 15.3. The topological polar surface area (TPSA) is 30.9 Å². The molecule has 56 valence electrons. The van der Waals surface area contributed by atoms with Gasteiger partial charge in [-0.15, -0.1) is 0 Å². The first-order valence-corrected chi connectivity index (χ1v) is 3.60. The minimum atomic E-state index is 1.08. The predicted octanol–water partition coefficient (Wildman–Crippen LogP) is 1.66. The third-order valence-corrected chi connectivity index (χ3v) is 1.88. The molecule has 0 spiro atoms. The van der Waals surface area contributed by atoms with Gasteiger partial charge in [0.15, 0.2) is 0 Å². The molecule has 0 aliphatic heterocycles. The normalized spacial score (nSPS) is 10.6. The Hall–Kier alpha value is -1.44. The summed E-state index contributed by atoms with van der Waals surface area (Å²) in [6, 6.07) is 8.23. The molecule has 1 aromatic heterocycles. The Bertz CT molecular complexity index is 387. The maximum Gasteiger partial charge on any atom is 0.0690 e. The molecule has 0 aliphatic carbocycles. The first-order valence-electron chi connectivity index (χ1n) is 3.60. The van der Waals surface area contributed by atoms with Crippen LogP contribution in [0.25, 0.3) is 10.9 Å². The van der Waals surface area contributed by atoms with Crippen molar-refractivity contribution in [3.63, 3.8) is 0 Å². The number of aryl methyl sites for hydroxylation is 1. The van der Waals surface area contributed by atoms with Gasteiger partial charge in [0.05, 0.1) is 5.52 Å². The number of hydrogen-bond donors (Lipinski definition) is 1. The average molecular weight is 146 g/mol. The molecule has 0 aliphatic rings. The molecule has 2 N–H and O–H groups in total. The fraction of sp³-hybridized carbons (Fsp3) is 0.111. The lowest BCUT2D eigenvalue weighted by atomic mass is 10.2. The Morgan fingerprint density at radius 3 is 2.91 bits per heavy atom. The number of nitrogens with two attached hydrogens (primary N) is 1. The van der Waals surface area contributed by atoms with Crippen LogP contribution < -0.4 is 5.84 Å². The highest BCUT2D eigenvalue weighted by Gasteiger charge is 1.95. The van der Waals surface area contributed by atoms with Crippen LogP contribution in [0.5, 0.6) is 0 Å². The van der Waals surface area contributed by atoms with Crippen molar-refractivity contribution in [2.45, 2.75) is 6.92 Å². The van der Waals surface area contributed by atoms with Crippen molar-refractivity contribution in [3.05, 3.63) is 36.0 Å². The Balaban J connectivity index is 2.86. The molecule has 11 heavy (non-hydrogen) atoms. The van der Waals surface area contributed by atoms with E-state index in [1.54, 1.807) is 4.68 Å². The summed E-state index contributed by atoms with van der Waals surface area (Å²) in [4.78, 5) is 0. The van der Waals surface area contributed by atoms with Crippen molar-refractivity contribution in [3.8, 4) is 0 Å². The summed E-state index contributed by atoms with van der Waals surface area (Å²) in [6.45, 7) is 2.08. The van der Waals surface area contributed by atoms with Gasteiger partial charge >= 0.3 is 0 Å². The first-order chi connectivity index (χ1) is 5.27. The Labute approximate surface area is 65.2 Å². The highest BCUT2D eigenvalue weighted by Crippen LogP contribution is 2.14. The van der Waals surface area contributed by atoms with Crippen LogP contribution in [0.4, 0.5) is 0 Å². The fourth-order valence-corrected chi connectivity index (χ4v) is 1.28. The SMILES string of the molecule is Cc1ccc2c(ccn2N)c1. The summed E-state index contributed by atoms with van der Waals surface area (Å²) in [5.74, 6) is 5.64. The molecule has 1 heterocycles. The van der Waals surface area contributed by atoms with Gasteiger partial charge in [0.25, 0.3) is 0 Å². The second-order valence-corrected chi connectivity index (χ2v) is 2.79. The van der Waals surface area contributed by atoms with Crippen molar-refractivity contribution in [2.24, 2.45) is 0 Å². The van der Waals surface area contributed by atoms with Crippen LogP contribution in [0.1, 0.15) is 5.56 Å². The van der Waals surface area contributed by atoms with Crippen molar-refractivity contribution in [1.29, 1.82) is 0 Å². The van der Waals surface area contributed by atoms with E-state index >= 15 is 0 Å². The van der Waals surface area contributed by atoms with Crippen LogP contribution in [-0.2, 0) is 0 Å². The molecule has 0 saturated carbocycles. The van der Waals surface area contributed by atoms with E-state index in [1.807, 2.05) is 18.3 Å². The zero-order valence-corrected chi connectivity index (χ0v) is 6.41. The molecule has 0 atom stereocenters. The van der Waals surface area contributed by atoms with E-state index in [9.17, 15) is 0 Å². The van der Waals surface area contributed by atoms with Crippen LogP contribution >= 0.6 is 0 Å². The van der Waals surface area contributed by atoms with Crippen LogP contribution in [0, 0.1) is 6.92 Å². The second kappa shape index (κ2) is 2.02. The van der Waals surface area contributed by atoms with Gasteiger partial charge in [-0.1, -0.05) is 11.6 Å². The van der Waals surface area contributed by atoms with Gasteiger partial charge in [0.1, 0.15) is 0 Å². The molecule has 2 heteroatoms. The minimum absolute atomic E-state index is 1.08. The Kier molecular flexibility index (Phi) is 1.15. The molecule has 0 saturated heterocycles. The predicted molar refractivity (Wildman–Crippen MR) is 46.8 cm³/mol. The van der Waals surface area contributed by atoms with Gasteiger partial charge < -0.3 is 5.84 Å². The average Bonchev–Trinajstić information content (AvgIpc) is 2.32. The molecule has 0 amide bonds. The van der Waals surface area contributed by atoms with Gasteiger partial charge in [-0.3, -0.25) is 4.68 Å². The number of nitrogens with zero attached hydrogens (tertiary/aromatic N) is 1. The standard InChI is InChI=1S/C9H10N2/c1-7-2-3-9-8(6-7)4-5-11(9)10/h2-6H,10H2,1H3. The van der Waals surface area contributed by atoms with E-state index in [2.05, 4.69) is 19.1 Å². The fourth-order valence-electron chi connectivity index (χ4n) is 1.28. The number of nitrogen functional groups attached to an aromatic ring is 1. The van der Waals surface area contributed by atoms with Crippen molar-refractivity contribution < 1.29 is 0 Å². The lowest BCUT2D eigenvalue weighted by Crippen LogP contribution is -2.04. The van der Waals surface area contributed by atoms with Crippen LogP contribution in [0.3, 0.4) is 0 Å². The maximum absolute atomic E-state index is 5.64. The molecule has 2 aromatic rings. The van der Waals surface area contributed by atoms with E-state index in [-0.39, 0.29) is 0 Å². The summed E-state index contributed by atoms with van der Waals surface area (Å²) in [7, 11) is 0. The summed E-state index contributed by atoms with van der Waals surface area (Å²) in [6.07, 6.45) is 1.87. The van der Waals surface area contributed by atoms with E-state index < -0.39 is 0 Å². The first kappa shape index (κ1) is 6.28. The van der Waals surface area contributed by atoms with Crippen LogP contribution in [-0.4, -0.2) is 4.68 Å². The number of hydrogen-bond acceptors (Lipinski definition) is 1. The molecule has 2 rings (SSSR count). The lowest BCUT2D eigenvalue weighted by Gasteiger charge is -1.95. The number of rotatable bonds is 0. The van der Waals surface area contributed by atoms with E-state index in [0.29, 0.717) is 0 Å². The molecule has 0 radical (unpaired) electrons. The van der Waals surface area contributed by atoms with Crippen molar-refractivity contribution in [2.75, 3.05) is 5.84 Å². The molecular formula is C9H10N2. The van der Waals surface area contributed by atoms with E-state index in [0.717, 1.165) is 5.52 Å². The van der Waals surface area contributed by atoms with Crippen LogP contribution in [0.2, 0.25) is 0 Å². The Morgan fingerprint density at radius 1 is 1.27 bits per heavy atom. The number of aromatic nitrogens is 1. The quantitative estimate of drug-likeness (QED) is 0.563. The lowest BCUT2D eigenvalue weighted by molar-refractivity contribution is 1.07. The smallest absolute Gasteiger partial charge is 0.0690 e. The monoisotopic (exact) mass is 146 g/mol. The molecule has 0 bridgehead atoms.